The number of amides is 1. The number of hydrogen-bond donors (Lipinski definition) is 2. The summed E-state index contributed by atoms with van der Waals surface area (Å²) in [5, 5.41) is 16.0. The van der Waals surface area contributed by atoms with E-state index < -0.39 is 0 Å². The number of carbonyl (C=O) groups is 1. The molecule has 2 aromatic carbocycles. The molecule has 2 aliphatic heterocycles. The summed E-state index contributed by atoms with van der Waals surface area (Å²) in [6.45, 7) is 7.33. The van der Waals surface area contributed by atoms with Gasteiger partial charge < -0.3 is 20.3 Å². The number of anilines is 1. The van der Waals surface area contributed by atoms with E-state index in [4.69, 9.17) is 9.84 Å². The quantitative estimate of drug-likeness (QED) is 0.335. The van der Waals surface area contributed by atoms with E-state index in [2.05, 4.69) is 57.0 Å². The number of rotatable bonds is 9. The smallest absolute Gasteiger partial charge is 0.252 e. The minimum atomic E-state index is -0.214. The SMILES string of the molecule is COCCn1ccc(-c2cc(-c3cnn(C)c3)cc([C@@H](C)NC(=O)c3cc(N4C[C@H]5C[C@@H]4CN5)ccc3C)c2)n1. The Hall–Kier alpha value is -3.95. The van der Waals surface area contributed by atoms with Crippen LogP contribution in [0.4, 0.5) is 5.69 Å². The number of piperazine rings is 1. The van der Waals surface area contributed by atoms with Crippen LogP contribution in [-0.2, 0) is 18.3 Å². The van der Waals surface area contributed by atoms with Gasteiger partial charge in [-0.15, -0.1) is 0 Å². The number of aryl methyl sites for hydroxylation is 2. The Kier molecular flexibility index (Phi) is 7.16. The normalized spacial score (nSPS) is 18.9. The van der Waals surface area contributed by atoms with Crippen LogP contribution in [-0.4, -0.2) is 64.4 Å². The maximum absolute atomic E-state index is 13.6. The van der Waals surface area contributed by atoms with Gasteiger partial charge in [-0.05, 0) is 73.4 Å². The Morgan fingerprint density at radius 1 is 1.18 bits per heavy atom. The van der Waals surface area contributed by atoms with Crippen LogP contribution in [0.3, 0.4) is 0 Å². The number of carbonyl (C=O) groups excluding carboxylic acids is 1. The van der Waals surface area contributed by atoms with E-state index in [1.807, 2.05) is 50.2 Å². The zero-order chi connectivity index (χ0) is 27.8. The van der Waals surface area contributed by atoms with Crippen molar-refractivity contribution < 1.29 is 9.53 Å². The molecule has 208 valence electrons. The first-order valence-corrected chi connectivity index (χ1v) is 14.0. The molecule has 2 saturated heterocycles. The molecule has 6 rings (SSSR count). The van der Waals surface area contributed by atoms with Crippen LogP contribution in [0.15, 0.2) is 61.1 Å². The molecular formula is C31H37N7O2. The third-order valence-corrected chi connectivity index (χ3v) is 8.16. The second kappa shape index (κ2) is 10.9. The minimum absolute atomic E-state index is 0.0634. The number of hydrogen-bond acceptors (Lipinski definition) is 6. The van der Waals surface area contributed by atoms with Crippen LogP contribution in [0.1, 0.15) is 40.9 Å². The Labute approximate surface area is 235 Å². The Bertz CT molecular complexity index is 1520. The zero-order valence-electron chi connectivity index (χ0n) is 23.6. The van der Waals surface area contributed by atoms with E-state index in [1.54, 1.807) is 11.8 Å². The van der Waals surface area contributed by atoms with E-state index in [-0.39, 0.29) is 11.9 Å². The number of benzene rings is 2. The molecule has 2 bridgehead atoms. The first-order chi connectivity index (χ1) is 19.4. The summed E-state index contributed by atoms with van der Waals surface area (Å²) in [4.78, 5) is 16.1. The molecule has 2 N–H and O–H groups in total. The molecule has 3 atom stereocenters. The Morgan fingerprint density at radius 2 is 2.02 bits per heavy atom. The molecular weight excluding hydrogens is 502 g/mol. The van der Waals surface area contributed by atoms with Gasteiger partial charge in [0.05, 0.1) is 31.1 Å². The summed E-state index contributed by atoms with van der Waals surface area (Å²) < 4.78 is 8.89. The standard InChI is InChI=1S/C31H37N7O2/c1-20-5-6-27(38-19-26-14-28(38)17-32-26)15-29(20)31(39)34-21(2)22-11-23(25-16-33-36(3)18-25)13-24(12-22)30-7-8-37(35-30)9-10-40-4/h5-8,11-13,15-16,18,21,26,28,32H,9-10,14,17,19H2,1-4H3,(H,34,39)/t21-,26-,28-/m1/s1. The van der Waals surface area contributed by atoms with Crippen molar-refractivity contribution in [3.63, 3.8) is 0 Å². The first kappa shape index (κ1) is 26.3. The Morgan fingerprint density at radius 3 is 2.75 bits per heavy atom. The van der Waals surface area contributed by atoms with Gasteiger partial charge in [-0.2, -0.15) is 10.2 Å². The molecule has 0 aliphatic carbocycles. The predicted octanol–water partition coefficient (Wildman–Crippen LogP) is 3.95. The third kappa shape index (κ3) is 5.26. The number of aromatic nitrogens is 4. The predicted molar refractivity (Wildman–Crippen MR) is 156 cm³/mol. The highest BCUT2D eigenvalue weighted by atomic mass is 16.5. The summed E-state index contributed by atoms with van der Waals surface area (Å²) in [5.41, 5.74) is 7.74. The van der Waals surface area contributed by atoms with Gasteiger partial charge in [0.1, 0.15) is 0 Å². The number of fused-ring (bicyclic) bond motifs is 2. The lowest BCUT2D eigenvalue weighted by Crippen LogP contribution is -2.43. The van der Waals surface area contributed by atoms with Gasteiger partial charge in [-0.3, -0.25) is 14.2 Å². The van der Waals surface area contributed by atoms with Crippen molar-refractivity contribution in [1.82, 2.24) is 30.2 Å². The Balaban J connectivity index is 1.27. The maximum Gasteiger partial charge on any atom is 0.252 e. The maximum atomic E-state index is 13.6. The molecule has 1 amide bonds. The second-order valence-electron chi connectivity index (χ2n) is 11.0. The molecule has 0 saturated carbocycles. The minimum Gasteiger partial charge on any atom is -0.383 e. The summed E-state index contributed by atoms with van der Waals surface area (Å²) in [6.07, 6.45) is 7.00. The molecule has 4 aromatic rings. The van der Waals surface area contributed by atoms with E-state index >= 15 is 0 Å². The summed E-state index contributed by atoms with van der Waals surface area (Å²) >= 11 is 0. The van der Waals surface area contributed by atoms with Gasteiger partial charge in [0.15, 0.2) is 0 Å². The van der Waals surface area contributed by atoms with Crippen molar-refractivity contribution in [2.24, 2.45) is 7.05 Å². The van der Waals surface area contributed by atoms with Crippen LogP contribution >= 0.6 is 0 Å². The number of nitrogens with one attached hydrogen (secondary N) is 2. The fraction of sp³-hybridized carbons (Fsp3) is 0.387. The van der Waals surface area contributed by atoms with Crippen LogP contribution in [0.25, 0.3) is 22.4 Å². The van der Waals surface area contributed by atoms with Crippen molar-refractivity contribution in [3.8, 4) is 22.4 Å². The first-order valence-electron chi connectivity index (χ1n) is 14.0. The lowest BCUT2D eigenvalue weighted by atomic mass is 9.96. The number of ether oxygens (including phenoxy) is 1. The monoisotopic (exact) mass is 539 g/mol. The largest absolute Gasteiger partial charge is 0.383 e. The highest BCUT2D eigenvalue weighted by Gasteiger charge is 2.37. The van der Waals surface area contributed by atoms with Crippen LogP contribution in [0.2, 0.25) is 0 Å². The van der Waals surface area contributed by atoms with Gasteiger partial charge in [0, 0.05) is 74.1 Å². The molecule has 9 nitrogen and oxygen atoms in total. The molecule has 0 radical (unpaired) electrons. The van der Waals surface area contributed by atoms with Gasteiger partial charge in [0.2, 0.25) is 0 Å². The van der Waals surface area contributed by atoms with Crippen molar-refractivity contribution >= 4 is 11.6 Å². The highest BCUT2D eigenvalue weighted by molar-refractivity contribution is 5.97. The summed E-state index contributed by atoms with van der Waals surface area (Å²) in [6, 6.07) is 15.5. The fourth-order valence-electron chi connectivity index (χ4n) is 5.88. The average Bonchev–Trinajstić information content (AvgIpc) is 3.77. The van der Waals surface area contributed by atoms with E-state index in [0.29, 0.717) is 25.2 Å². The topological polar surface area (TPSA) is 89.2 Å². The summed E-state index contributed by atoms with van der Waals surface area (Å²) in [5.74, 6) is -0.0634. The van der Waals surface area contributed by atoms with Gasteiger partial charge >= 0.3 is 0 Å². The van der Waals surface area contributed by atoms with Crippen molar-refractivity contribution in [2.45, 2.75) is 44.9 Å². The molecule has 0 spiro atoms. The molecule has 4 heterocycles. The van der Waals surface area contributed by atoms with E-state index in [0.717, 1.165) is 57.9 Å². The molecule has 40 heavy (non-hydrogen) atoms. The fourth-order valence-corrected chi connectivity index (χ4v) is 5.88. The molecule has 2 aliphatic rings. The average molecular weight is 540 g/mol. The number of methoxy groups -OCH3 is 1. The highest BCUT2D eigenvalue weighted by Crippen LogP contribution is 2.32. The second-order valence-corrected chi connectivity index (χ2v) is 11.0. The lowest BCUT2D eigenvalue weighted by Gasteiger charge is -2.30. The lowest BCUT2D eigenvalue weighted by molar-refractivity contribution is 0.0939. The molecule has 0 unspecified atom stereocenters. The van der Waals surface area contributed by atoms with Crippen molar-refractivity contribution in [3.05, 3.63) is 77.7 Å². The molecule has 2 aromatic heterocycles. The third-order valence-electron chi connectivity index (χ3n) is 8.16. The van der Waals surface area contributed by atoms with Crippen molar-refractivity contribution in [1.29, 1.82) is 0 Å². The van der Waals surface area contributed by atoms with E-state index in [1.165, 1.54) is 6.42 Å². The number of nitrogens with zero attached hydrogens (tertiary/aromatic N) is 5. The van der Waals surface area contributed by atoms with Gasteiger partial charge in [-0.25, -0.2) is 0 Å². The zero-order valence-corrected chi connectivity index (χ0v) is 23.6. The van der Waals surface area contributed by atoms with Gasteiger partial charge in [0.25, 0.3) is 5.91 Å². The van der Waals surface area contributed by atoms with Crippen LogP contribution in [0.5, 0.6) is 0 Å². The molecule has 2 fully saturated rings. The van der Waals surface area contributed by atoms with Crippen LogP contribution in [0, 0.1) is 6.92 Å². The van der Waals surface area contributed by atoms with E-state index in [9.17, 15) is 4.79 Å². The van der Waals surface area contributed by atoms with Crippen LogP contribution < -0.4 is 15.5 Å². The summed E-state index contributed by atoms with van der Waals surface area (Å²) in [7, 11) is 3.60. The molecule has 9 heteroatoms. The van der Waals surface area contributed by atoms with Crippen molar-refractivity contribution in [2.75, 3.05) is 31.7 Å². The van der Waals surface area contributed by atoms with Gasteiger partial charge in [-0.1, -0.05) is 6.07 Å².